The molecular formula is C18H18F2N2O2. The molecule has 0 radical (unpaired) electrons. The molecule has 1 unspecified atom stereocenters. The van der Waals surface area contributed by atoms with Crippen LogP contribution >= 0.6 is 0 Å². The van der Waals surface area contributed by atoms with Gasteiger partial charge in [0.05, 0.1) is 0 Å². The maximum Gasteiger partial charge on any atom is 0.162 e. The summed E-state index contributed by atoms with van der Waals surface area (Å²) >= 11 is 0. The van der Waals surface area contributed by atoms with E-state index in [1.54, 1.807) is 0 Å². The number of halogens is 2. The van der Waals surface area contributed by atoms with Gasteiger partial charge in [-0.05, 0) is 29.8 Å². The summed E-state index contributed by atoms with van der Waals surface area (Å²) in [4.78, 5) is 3.15. The Morgan fingerprint density at radius 2 is 2.00 bits per heavy atom. The van der Waals surface area contributed by atoms with Gasteiger partial charge in [0.15, 0.2) is 11.6 Å². The Hall–Kier alpha value is -2.44. The summed E-state index contributed by atoms with van der Waals surface area (Å²) in [7, 11) is 0. The van der Waals surface area contributed by atoms with Crippen molar-refractivity contribution in [2.45, 2.75) is 12.6 Å². The van der Waals surface area contributed by atoms with Crippen LogP contribution in [0.3, 0.4) is 0 Å². The highest BCUT2D eigenvalue weighted by Gasteiger charge is 2.08. The number of aromatic amines is 1. The smallest absolute Gasteiger partial charge is 0.162 e. The van der Waals surface area contributed by atoms with Crippen molar-refractivity contribution in [3.63, 3.8) is 0 Å². The second-order valence-corrected chi connectivity index (χ2v) is 5.53. The molecule has 24 heavy (non-hydrogen) atoms. The second kappa shape index (κ2) is 7.42. The summed E-state index contributed by atoms with van der Waals surface area (Å²) in [5.41, 5.74) is 2.19. The zero-order chi connectivity index (χ0) is 16.9. The lowest BCUT2D eigenvalue weighted by molar-refractivity contribution is 0.106. The van der Waals surface area contributed by atoms with Crippen molar-refractivity contribution >= 4 is 10.9 Å². The number of aromatic nitrogens is 1. The van der Waals surface area contributed by atoms with Crippen LogP contribution in [0.15, 0.2) is 48.7 Å². The van der Waals surface area contributed by atoms with Gasteiger partial charge in [-0.3, -0.25) is 0 Å². The molecule has 0 aliphatic heterocycles. The minimum atomic E-state index is -0.972. The van der Waals surface area contributed by atoms with E-state index >= 15 is 0 Å². The van der Waals surface area contributed by atoms with Gasteiger partial charge in [0.1, 0.15) is 18.5 Å². The SMILES string of the molecule is OC(CNCc1cccc2[nH]ccc12)COc1ccc(F)c(F)c1. The van der Waals surface area contributed by atoms with Crippen LogP contribution in [0.1, 0.15) is 5.56 Å². The van der Waals surface area contributed by atoms with Crippen LogP contribution in [-0.2, 0) is 6.54 Å². The minimum Gasteiger partial charge on any atom is -0.491 e. The number of hydrogen-bond acceptors (Lipinski definition) is 3. The summed E-state index contributed by atoms with van der Waals surface area (Å²) in [5.74, 6) is -1.71. The fraction of sp³-hybridized carbons (Fsp3) is 0.222. The van der Waals surface area contributed by atoms with Crippen LogP contribution in [-0.4, -0.2) is 29.3 Å². The number of aliphatic hydroxyl groups excluding tert-OH is 1. The standard InChI is InChI=1S/C18H18F2N2O2/c19-16-5-4-14(8-17(16)20)24-11-13(23)10-21-9-12-2-1-3-18-15(12)6-7-22-18/h1-8,13,21-23H,9-11H2. The largest absolute Gasteiger partial charge is 0.491 e. The molecule has 0 aliphatic rings. The normalized spacial score (nSPS) is 12.5. The molecule has 1 atom stereocenters. The average Bonchev–Trinajstić information content (AvgIpc) is 3.05. The Balaban J connectivity index is 1.46. The van der Waals surface area contributed by atoms with Gasteiger partial charge in [-0.15, -0.1) is 0 Å². The number of ether oxygens (including phenoxy) is 1. The lowest BCUT2D eigenvalue weighted by atomic mass is 10.1. The van der Waals surface area contributed by atoms with Crippen molar-refractivity contribution < 1.29 is 18.6 Å². The van der Waals surface area contributed by atoms with Crippen LogP contribution in [0, 0.1) is 11.6 Å². The predicted octanol–water partition coefficient (Wildman–Crippen LogP) is 2.98. The number of hydrogen-bond donors (Lipinski definition) is 3. The van der Waals surface area contributed by atoms with Crippen LogP contribution < -0.4 is 10.1 Å². The van der Waals surface area contributed by atoms with Gasteiger partial charge in [0, 0.05) is 36.3 Å². The number of nitrogens with one attached hydrogen (secondary N) is 2. The van der Waals surface area contributed by atoms with Gasteiger partial charge in [-0.2, -0.15) is 0 Å². The summed E-state index contributed by atoms with van der Waals surface area (Å²) < 4.78 is 31.1. The van der Waals surface area contributed by atoms with Crippen LogP contribution in [0.2, 0.25) is 0 Å². The lowest BCUT2D eigenvalue weighted by Gasteiger charge is -2.14. The van der Waals surface area contributed by atoms with Crippen molar-refractivity contribution in [2.24, 2.45) is 0 Å². The molecular weight excluding hydrogens is 314 g/mol. The van der Waals surface area contributed by atoms with Crippen molar-refractivity contribution in [1.29, 1.82) is 0 Å². The first-order valence-electron chi connectivity index (χ1n) is 7.65. The van der Waals surface area contributed by atoms with E-state index in [0.29, 0.717) is 13.1 Å². The highest BCUT2D eigenvalue weighted by atomic mass is 19.2. The van der Waals surface area contributed by atoms with E-state index in [2.05, 4.69) is 10.3 Å². The summed E-state index contributed by atoms with van der Waals surface area (Å²) in [6.07, 6.45) is 1.13. The first-order chi connectivity index (χ1) is 11.6. The van der Waals surface area contributed by atoms with Crippen molar-refractivity contribution in [2.75, 3.05) is 13.2 Å². The molecule has 1 heterocycles. The highest BCUT2D eigenvalue weighted by Crippen LogP contribution is 2.17. The molecule has 0 fully saturated rings. The number of rotatable bonds is 7. The monoisotopic (exact) mass is 332 g/mol. The highest BCUT2D eigenvalue weighted by molar-refractivity contribution is 5.82. The molecule has 0 saturated carbocycles. The third-order valence-corrected chi connectivity index (χ3v) is 3.71. The molecule has 126 valence electrons. The van der Waals surface area contributed by atoms with Gasteiger partial charge in [0.25, 0.3) is 0 Å². The lowest BCUT2D eigenvalue weighted by Crippen LogP contribution is -2.31. The number of aliphatic hydroxyl groups is 1. The Morgan fingerprint density at radius 1 is 1.12 bits per heavy atom. The Morgan fingerprint density at radius 3 is 2.83 bits per heavy atom. The first kappa shape index (κ1) is 16.4. The molecule has 4 nitrogen and oxygen atoms in total. The third-order valence-electron chi connectivity index (χ3n) is 3.71. The zero-order valence-corrected chi connectivity index (χ0v) is 12.9. The van der Waals surface area contributed by atoms with Crippen molar-refractivity contribution in [1.82, 2.24) is 10.3 Å². The van der Waals surface area contributed by atoms with E-state index in [1.165, 1.54) is 6.07 Å². The van der Waals surface area contributed by atoms with Gasteiger partial charge in [0.2, 0.25) is 0 Å². The summed E-state index contributed by atoms with van der Waals surface area (Å²) in [5, 5.41) is 14.2. The van der Waals surface area contributed by atoms with Gasteiger partial charge < -0.3 is 20.1 Å². The van der Waals surface area contributed by atoms with E-state index in [1.807, 2.05) is 30.5 Å². The first-order valence-corrected chi connectivity index (χ1v) is 7.65. The fourth-order valence-corrected chi connectivity index (χ4v) is 2.50. The number of H-pyrrole nitrogens is 1. The molecule has 0 spiro atoms. The van der Waals surface area contributed by atoms with E-state index in [-0.39, 0.29) is 12.4 Å². The van der Waals surface area contributed by atoms with Gasteiger partial charge in [-0.25, -0.2) is 8.78 Å². The fourth-order valence-electron chi connectivity index (χ4n) is 2.50. The van der Waals surface area contributed by atoms with E-state index in [0.717, 1.165) is 28.6 Å². The molecule has 6 heteroatoms. The van der Waals surface area contributed by atoms with Crippen LogP contribution in [0.4, 0.5) is 8.78 Å². The van der Waals surface area contributed by atoms with E-state index in [4.69, 9.17) is 4.74 Å². The Labute approximate surface area is 138 Å². The second-order valence-electron chi connectivity index (χ2n) is 5.53. The minimum absolute atomic E-state index is 0.00751. The van der Waals surface area contributed by atoms with Gasteiger partial charge >= 0.3 is 0 Å². The summed E-state index contributed by atoms with van der Waals surface area (Å²) in [6, 6.07) is 11.3. The number of benzene rings is 2. The Bertz CT molecular complexity index is 820. The molecule has 0 bridgehead atoms. The van der Waals surface area contributed by atoms with Crippen molar-refractivity contribution in [3.05, 3.63) is 65.9 Å². The Kier molecular flexibility index (Phi) is 5.08. The van der Waals surface area contributed by atoms with Gasteiger partial charge in [-0.1, -0.05) is 12.1 Å². The van der Waals surface area contributed by atoms with E-state index in [9.17, 15) is 13.9 Å². The molecule has 1 aromatic heterocycles. The molecule has 3 rings (SSSR count). The van der Waals surface area contributed by atoms with Crippen LogP contribution in [0.25, 0.3) is 10.9 Å². The molecule has 0 amide bonds. The van der Waals surface area contributed by atoms with Crippen LogP contribution in [0.5, 0.6) is 5.75 Å². The molecule has 2 aromatic carbocycles. The van der Waals surface area contributed by atoms with E-state index < -0.39 is 17.7 Å². The van der Waals surface area contributed by atoms with Crippen molar-refractivity contribution in [3.8, 4) is 5.75 Å². The summed E-state index contributed by atoms with van der Waals surface area (Å²) in [6.45, 7) is 0.925. The predicted molar refractivity (Wildman–Crippen MR) is 87.9 cm³/mol. The maximum atomic E-state index is 13.1. The average molecular weight is 332 g/mol. The topological polar surface area (TPSA) is 57.3 Å². The third kappa shape index (κ3) is 3.90. The molecule has 0 saturated heterocycles. The molecule has 0 aliphatic carbocycles. The number of fused-ring (bicyclic) bond motifs is 1. The molecule has 3 N–H and O–H groups in total. The zero-order valence-electron chi connectivity index (χ0n) is 12.9. The maximum absolute atomic E-state index is 13.1. The molecule has 3 aromatic rings. The quantitative estimate of drug-likeness (QED) is 0.623.